The summed E-state index contributed by atoms with van der Waals surface area (Å²) in [6, 6.07) is 17.1. The average Bonchev–Trinajstić information content (AvgIpc) is 3.56. The van der Waals surface area contributed by atoms with Crippen LogP contribution in [0.1, 0.15) is 28.4 Å². The van der Waals surface area contributed by atoms with Gasteiger partial charge in [-0.3, -0.25) is 18.9 Å². The van der Waals surface area contributed by atoms with E-state index in [0.717, 1.165) is 26.6 Å². The number of carbonyl (C=O) groups excluding carboxylic acids is 2. The maximum atomic E-state index is 13.5. The van der Waals surface area contributed by atoms with E-state index in [0.29, 0.717) is 12.1 Å². The van der Waals surface area contributed by atoms with Crippen LogP contribution in [0.15, 0.2) is 71.4 Å². The molecule has 2 aromatic carbocycles. The third-order valence-corrected chi connectivity index (χ3v) is 8.50. The second-order valence-electron chi connectivity index (χ2n) is 8.82. The molecule has 2 heterocycles. The molecule has 39 heavy (non-hydrogen) atoms. The lowest BCUT2D eigenvalue weighted by Gasteiger charge is -2.21. The first-order chi connectivity index (χ1) is 18.6. The van der Waals surface area contributed by atoms with Gasteiger partial charge in [-0.15, -0.1) is 22.7 Å². The maximum Gasteiger partial charge on any atom is 0.357 e. The highest BCUT2D eigenvalue weighted by atomic mass is 32.2. The Kier molecular flexibility index (Phi) is 9.12. The van der Waals surface area contributed by atoms with Crippen LogP contribution in [0.5, 0.6) is 0 Å². The van der Waals surface area contributed by atoms with E-state index < -0.39 is 34.1 Å². The number of aromatic nitrogens is 1. The largest absolute Gasteiger partial charge is 0.468 e. The number of nitrogens with one attached hydrogen (secondary N) is 2. The van der Waals surface area contributed by atoms with Crippen molar-refractivity contribution in [2.24, 2.45) is 5.92 Å². The molecule has 2 aromatic heterocycles. The van der Waals surface area contributed by atoms with Gasteiger partial charge in [0.25, 0.3) is 0 Å². The molecule has 0 radical (unpaired) electrons. The minimum Gasteiger partial charge on any atom is -0.468 e. The van der Waals surface area contributed by atoms with Crippen LogP contribution in [0.3, 0.4) is 0 Å². The number of ether oxygens (including phenoxy) is 1. The zero-order valence-electron chi connectivity index (χ0n) is 21.2. The van der Waals surface area contributed by atoms with Crippen molar-refractivity contribution in [3.05, 3.63) is 93.8 Å². The molecule has 2 atom stereocenters. The standard InChI is InChI=1S/C27H27N3O6S3/c1-17-12-13-37-24(17)26-29-23(16-38-26)22(15-19-8-10-20(11-9-19)30-39(33,34)35)28-25(31)21(27(32)36-2)14-18-6-4-3-5-7-18/h3-13,16,21-22,30H,14-15H2,1-2H3,(H,28,31)(H,33,34,35)/t21?,22-/m0/s1. The molecule has 204 valence electrons. The summed E-state index contributed by atoms with van der Waals surface area (Å²) in [5.41, 5.74) is 3.54. The summed E-state index contributed by atoms with van der Waals surface area (Å²) in [7, 11) is -3.15. The Hall–Kier alpha value is -3.58. The Morgan fingerprint density at radius 2 is 1.69 bits per heavy atom. The molecule has 12 heteroatoms. The average molecular weight is 586 g/mol. The van der Waals surface area contributed by atoms with E-state index in [1.165, 1.54) is 30.6 Å². The zero-order chi connectivity index (χ0) is 28.0. The SMILES string of the molecule is COC(=O)C(Cc1ccccc1)C(=O)N[C@@H](Cc1ccc(NS(=O)(=O)O)cc1)c1csc(-c2sccc2C)n1. The third kappa shape index (κ3) is 7.73. The summed E-state index contributed by atoms with van der Waals surface area (Å²) in [6.45, 7) is 2.01. The molecular weight excluding hydrogens is 559 g/mol. The third-order valence-electron chi connectivity index (χ3n) is 5.98. The topological polar surface area (TPSA) is 135 Å². The second-order valence-corrected chi connectivity index (χ2v) is 11.7. The number of aryl methyl sites for hydroxylation is 1. The van der Waals surface area contributed by atoms with E-state index in [-0.39, 0.29) is 12.1 Å². The van der Waals surface area contributed by atoms with Crippen molar-refractivity contribution >= 4 is 50.5 Å². The van der Waals surface area contributed by atoms with Gasteiger partial charge in [0, 0.05) is 5.38 Å². The van der Waals surface area contributed by atoms with Gasteiger partial charge in [-0.05, 0) is 60.0 Å². The van der Waals surface area contributed by atoms with Crippen molar-refractivity contribution in [1.29, 1.82) is 0 Å². The molecule has 0 aliphatic rings. The van der Waals surface area contributed by atoms with Gasteiger partial charge in [-0.2, -0.15) is 8.42 Å². The normalized spacial score (nSPS) is 12.9. The summed E-state index contributed by atoms with van der Waals surface area (Å²) in [5, 5.41) is 7.72. The Labute approximate surface area is 234 Å². The fourth-order valence-electron chi connectivity index (χ4n) is 4.01. The van der Waals surface area contributed by atoms with Gasteiger partial charge >= 0.3 is 16.3 Å². The van der Waals surface area contributed by atoms with Crippen molar-refractivity contribution in [2.45, 2.75) is 25.8 Å². The first-order valence-electron chi connectivity index (χ1n) is 11.9. The van der Waals surface area contributed by atoms with E-state index in [1.807, 2.05) is 58.8 Å². The molecule has 0 bridgehead atoms. The van der Waals surface area contributed by atoms with Crippen LogP contribution in [0.2, 0.25) is 0 Å². The number of rotatable bonds is 11. The first-order valence-corrected chi connectivity index (χ1v) is 15.1. The summed E-state index contributed by atoms with van der Waals surface area (Å²) in [6.07, 6.45) is 0.502. The van der Waals surface area contributed by atoms with Gasteiger partial charge in [0.1, 0.15) is 10.9 Å². The molecule has 9 nitrogen and oxygen atoms in total. The maximum absolute atomic E-state index is 13.5. The van der Waals surface area contributed by atoms with Crippen molar-refractivity contribution in [1.82, 2.24) is 10.3 Å². The molecule has 4 rings (SSSR count). The molecule has 0 spiro atoms. The molecule has 1 amide bonds. The number of esters is 1. The van der Waals surface area contributed by atoms with Gasteiger partial charge in [0.15, 0.2) is 0 Å². The number of hydrogen-bond donors (Lipinski definition) is 3. The van der Waals surface area contributed by atoms with E-state index >= 15 is 0 Å². The van der Waals surface area contributed by atoms with Crippen molar-refractivity contribution in [2.75, 3.05) is 11.8 Å². The number of amides is 1. The summed E-state index contributed by atoms with van der Waals surface area (Å²) in [4.78, 5) is 32.0. The number of carbonyl (C=O) groups is 2. The fraction of sp³-hybridized carbons (Fsp3) is 0.222. The zero-order valence-corrected chi connectivity index (χ0v) is 23.6. The minimum absolute atomic E-state index is 0.179. The quantitative estimate of drug-likeness (QED) is 0.130. The molecule has 1 unspecified atom stereocenters. The van der Waals surface area contributed by atoms with Gasteiger partial charge in [-0.1, -0.05) is 42.5 Å². The number of thiophene rings is 1. The number of anilines is 1. The minimum atomic E-state index is -4.40. The lowest BCUT2D eigenvalue weighted by atomic mass is 9.97. The van der Waals surface area contributed by atoms with Crippen LogP contribution >= 0.6 is 22.7 Å². The predicted molar refractivity (Wildman–Crippen MR) is 152 cm³/mol. The number of hydrogen-bond acceptors (Lipinski definition) is 8. The monoisotopic (exact) mass is 585 g/mol. The van der Waals surface area contributed by atoms with Crippen LogP contribution in [0, 0.1) is 12.8 Å². The first kappa shape index (κ1) is 28.4. The second kappa shape index (κ2) is 12.5. The molecule has 0 saturated carbocycles. The van der Waals surface area contributed by atoms with Crippen molar-refractivity contribution in [3.8, 4) is 9.88 Å². The summed E-state index contributed by atoms with van der Waals surface area (Å²) in [5.74, 6) is -2.18. The molecular formula is C27H27N3O6S3. The highest BCUT2D eigenvalue weighted by Gasteiger charge is 2.31. The summed E-state index contributed by atoms with van der Waals surface area (Å²) < 4.78 is 38.2. The molecule has 0 aliphatic carbocycles. The van der Waals surface area contributed by atoms with Crippen LogP contribution in [0.25, 0.3) is 9.88 Å². The van der Waals surface area contributed by atoms with E-state index in [4.69, 9.17) is 14.3 Å². The van der Waals surface area contributed by atoms with Gasteiger partial charge in [-0.25, -0.2) is 4.98 Å². The Balaban J connectivity index is 1.61. The number of nitrogens with zero attached hydrogens (tertiary/aromatic N) is 1. The highest BCUT2D eigenvalue weighted by Crippen LogP contribution is 2.33. The molecule has 4 aromatic rings. The fourth-order valence-corrected chi connectivity index (χ4v) is 6.42. The van der Waals surface area contributed by atoms with E-state index in [9.17, 15) is 18.0 Å². The Morgan fingerprint density at radius 3 is 2.31 bits per heavy atom. The van der Waals surface area contributed by atoms with Crippen LogP contribution in [-0.2, 0) is 37.5 Å². The van der Waals surface area contributed by atoms with Crippen LogP contribution in [0.4, 0.5) is 5.69 Å². The van der Waals surface area contributed by atoms with Gasteiger partial charge in [0.05, 0.1) is 29.4 Å². The molecule has 0 aliphatic heterocycles. The molecule has 0 fully saturated rings. The molecule has 0 saturated heterocycles. The number of methoxy groups -OCH3 is 1. The number of benzene rings is 2. The van der Waals surface area contributed by atoms with Gasteiger partial charge < -0.3 is 10.1 Å². The lowest BCUT2D eigenvalue weighted by molar-refractivity contribution is -0.150. The molecule has 3 N–H and O–H groups in total. The Morgan fingerprint density at radius 1 is 1.00 bits per heavy atom. The predicted octanol–water partition coefficient (Wildman–Crippen LogP) is 4.83. The van der Waals surface area contributed by atoms with Gasteiger partial charge in [0.2, 0.25) is 5.91 Å². The van der Waals surface area contributed by atoms with E-state index in [1.54, 1.807) is 23.5 Å². The number of thiazole rings is 1. The van der Waals surface area contributed by atoms with Crippen molar-refractivity contribution < 1.29 is 27.3 Å². The van der Waals surface area contributed by atoms with Crippen LogP contribution in [-0.4, -0.2) is 36.9 Å². The van der Waals surface area contributed by atoms with E-state index in [2.05, 4.69) is 5.32 Å². The highest BCUT2D eigenvalue weighted by molar-refractivity contribution is 7.87. The smallest absolute Gasteiger partial charge is 0.357 e. The lowest BCUT2D eigenvalue weighted by Crippen LogP contribution is -2.40. The summed E-state index contributed by atoms with van der Waals surface area (Å²) >= 11 is 3.06. The van der Waals surface area contributed by atoms with Crippen LogP contribution < -0.4 is 10.0 Å². The Bertz CT molecular complexity index is 1530. The van der Waals surface area contributed by atoms with Crippen molar-refractivity contribution in [3.63, 3.8) is 0 Å².